The molecule has 0 aliphatic heterocycles. The predicted molar refractivity (Wildman–Crippen MR) is 131 cm³/mol. The van der Waals surface area contributed by atoms with Crippen molar-refractivity contribution in [1.82, 2.24) is 5.32 Å². The van der Waals surface area contributed by atoms with E-state index in [9.17, 15) is 9.59 Å². The third kappa shape index (κ3) is 12.3. The first-order chi connectivity index (χ1) is 15.0. The molecule has 9 nitrogen and oxygen atoms in total. The summed E-state index contributed by atoms with van der Waals surface area (Å²) in [4.78, 5) is 28.2. The van der Waals surface area contributed by atoms with Gasteiger partial charge in [0.1, 0.15) is 0 Å². The quantitative estimate of drug-likeness (QED) is 0.150. The molecule has 2 amide bonds. The summed E-state index contributed by atoms with van der Waals surface area (Å²) < 4.78 is 0. The largest absolute Gasteiger partial charge is 0.370 e. The highest BCUT2D eigenvalue weighted by Gasteiger charge is 2.21. The monoisotopic (exact) mass is 447 g/mol. The van der Waals surface area contributed by atoms with Crippen molar-refractivity contribution in [2.24, 2.45) is 33.3 Å². The fraction of sp³-hybridized carbons (Fsp3) is 0.609. The zero-order chi connectivity index (χ0) is 24.1. The zero-order valence-corrected chi connectivity index (χ0v) is 19.7. The average Bonchev–Trinajstić information content (AvgIpc) is 2.70. The van der Waals surface area contributed by atoms with Crippen LogP contribution < -0.4 is 33.6 Å². The normalized spacial score (nSPS) is 13.2. The number of aliphatic imine (C=N–C) groups is 1. The number of unbranched alkanes of at least 4 members (excludes halogenated alkanes) is 1. The van der Waals surface area contributed by atoms with Crippen LogP contribution in [0.5, 0.6) is 0 Å². The van der Waals surface area contributed by atoms with E-state index in [1.807, 2.05) is 24.3 Å². The number of rotatable bonds is 13. The van der Waals surface area contributed by atoms with E-state index in [2.05, 4.69) is 36.4 Å². The van der Waals surface area contributed by atoms with Crippen LogP contribution in [0.3, 0.4) is 0 Å². The fourth-order valence-electron chi connectivity index (χ4n) is 3.19. The average molecular weight is 448 g/mol. The zero-order valence-electron chi connectivity index (χ0n) is 19.7. The second-order valence-electron chi connectivity index (χ2n) is 9.36. The van der Waals surface area contributed by atoms with Crippen molar-refractivity contribution in [2.75, 3.05) is 18.4 Å². The van der Waals surface area contributed by atoms with Crippen molar-refractivity contribution in [3.63, 3.8) is 0 Å². The van der Waals surface area contributed by atoms with E-state index in [1.54, 1.807) is 0 Å². The summed E-state index contributed by atoms with van der Waals surface area (Å²) in [6.07, 6.45) is 4.40. The molecule has 0 spiro atoms. The van der Waals surface area contributed by atoms with E-state index in [1.165, 1.54) is 0 Å². The molecule has 2 atom stereocenters. The van der Waals surface area contributed by atoms with Gasteiger partial charge in [-0.2, -0.15) is 0 Å². The Kier molecular flexibility index (Phi) is 11.7. The molecule has 0 aliphatic rings. The molecule has 0 radical (unpaired) electrons. The number of aryl methyl sites for hydroxylation is 1. The molecule has 1 aromatic rings. The van der Waals surface area contributed by atoms with Crippen LogP contribution in [-0.2, 0) is 16.0 Å². The van der Waals surface area contributed by atoms with E-state index < -0.39 is 12.1 Å². The van der Waals surface area contributed by atoms with Crippen molar-refractivity contribution >= 4 is 23.5 Å². The lowest BCUT2D eigenvalue weighted by Gasteiger charge is -2.22. The first-order valence-corrected chi connectivity index (χ1v) is 11.2. The van der Waals surface area contributed by atoms with Gasteiger partial charge in [0.25, 0.3) is 0 Å². The maximum absolute atomic E-state index is 12.2. The van der Waals surface area contributed by atoms with Crippen LogP contribution in [0.4, 0.5) is 5.69 Å². The summed E-state index contributed by atoms with van der Waals surface area (Å²) in [5, 5.41) is 5.74. The minimum absolute atomic E-state index is 0.00543. The summed E-state index contributed by atoms with van der Waals surface area (Å²) >= 11 is 0. The van der Waals surface area contributed by atoms with Crippen molar-refractivity contribution in [3.8, 4) is 0 Å². The van der Waals surface area contributed by atoms with Crippen LogP contribution in [0.1, 0.15) is 58.4 Å². The Balaban J connectivity index is 2.27. The number of benzene rings is 1. The number of guanidine groups is 1. The number of nitrogens with two attached hydrogens (primary N) is 4. The van der Waals surface area contributed by atoms with E-state index >= 15 is 0 Å². The van der Waals surface area contributed by atoms with Crippen molar-refractivity contribution in [3.05, 3.63) is 29.8 Å². The molecule has 10 N–H and O–H groups in total. The molecule has 0 saturated carbocycles. The summed E-state index contributed by atoms with van der Waals surface area (Å²) in [5.41, 5.74) is 24.3. The molecule has 0 bridgehead atoms. The van der Waals surface area contributed by atoms with Crippen LogP contribution in [0, 0.1) is 5.41 Å². The molecule has 0 saturated heterocycles. The minimum Gasteiger partial charge on any atom is -0.370 e. The van der Waals surface area contributed by atoms with Gasteiger partial charge in [-0.15, -0.1) is 0 Å². The Morgan fingerprint density at radius 3 is 2.22 bits per heavy atom. The van der Waals surface area contributed by atoms with Crippen LogP contribution in [-0.4, -0.2) is 42.9 Å². The smallest absolute Gasteiger partial charge is 0.241 e. The Bertz CT molecular complexity index is 738. The standard InChI is InChI=1S/C23H41N7O2/c1-23(2,3)15-19(25)21(32)30-17-11-9-16(10-12-17)7-6-14-28-20(31)18(24)8-4-5-13-29-22(26)27/h9-12,18-19H,4-8,13-15,24-25H2,1-3H3,(H,28,31)(H,30,32)(H4,26,27,29)/t18-,19-/m0/s1. The maximum Gasteiger partial charge on any atom is 0.241 e. The lowest BCUT2D eigenvalue weighted by Crippen LogP contribution is -2.41. The van der Waals surface area contributed by atoms with E-state index in [4.69, 9.17) is 22.9 Å². The first kappa shape index (κ1) is 27.4. The SMILES string of the molecule is CC(C)(C)C[C@H](N)C(=O)Nc1ccc(CCCNC(=O)[C@@H](N)CCCCN=C(N)N)cc1. The Hall–Kier alpha value is -2.65. The Morgan fingerprint density at radius 2 is 1.62 bits per heavy atom. The van der Waals surface area contributed by atoms with Crippen molar-refractivity contribution in [1.29, 1.82) is 0 Å². The van der Waals surface area contributed by atoms with Crippen molar-refractivity contribution in [2.45, 2.75) is 71.4 Å². The number of hydrogen-bond donors (Lipinski definition) is 6. The molecule has 1 aromatic carbocycles. The number of nitrogens with one attached hydrogen (secondary N) is 2. The summed E-state index contributed by atoms with van der Waals surface area (Å²) in [6, 6.07) is 6.61. The lowest BCUT2D eigenvalue weighted by atomic mass is 9.88. The number of carbonyl (C=O) groups is 2. The lowest BCUT2D eigenvalue weighted by molar-refractivity contribution is -0.122. The second-order valence-corrected chi connectivity index (χ2v) is 9.36. The predicted octanol–water partition coefficient (Wildman–Crippen LogP) is 1.21. The maximum atomic E-state index is 12.2. The number of hydrogen-bond acceptors (Lipinski definition) is 5. The summed E-state index contributed by atoms with van der Waals surface area (Å²) in [7, 11) is 0. The van der Waals surface area contributed by atoms with Gasteiger partial charge in [-0.3, -0.25) is 14.6 Å². The van der Waals surface area contributed by atoms with Crippen molar-refractivity contribution < 1.29 is 9.59 Å². The van der Waals surface area contributed by atoms with Gasteiger partial charge < -0.3 is 33.6 Å². The molecule has 9 heteroatoms. The molecule has 180 valence electrons. The molecule has 1 rings (SSSR count). The number of anilines is 1. The fourth-order valence-corrected chi connectivity index (χ4v) is 3.19. The minimum atomic E-state index is -0.539. The topological polar surface area (TPSA) is 175 Å². The Labute approximate surface area is 191 Å². The second kappa shape index (κ2) is 13.7. The van der Waals surface area contributed by atoms with Crippen LogP contribution >= 0.6 is 0 Å². The van der Waals surface area contributed by atoms with Gasteiger partial charge in [0.15, 0.2) is 5.96 Å². The molecule has 0 heterocycles. The molecular formula is C23H41N7O2. The third-order valence-corrected chi connectivity index (χ3v) is 4.89. The van der Waals surface area contributed by atoms with Crippen LogP contribution in [0.15, 0.2) is 29.3 Å². The number of amides is 2. The van der Waals surface area contributed by atoms with Gasteiger partial charge in [0, 0.05) is 18.8 Å². The van der Waals surface area contributed by atoms with E-state index in [-0.39, 0.29) is 23.2 Å². The van der Waals surface area contributed by atoms with E-state index in [0.29, 0.717) is 25.9 Å². The van der Waals surface area contributed by atoms with Gasteiger partial charge in [0.2, 0.25) is 11.8 Å². The van der Waals surface area contributed by atoms with Gasteiger partial charge >= 0.3 is 0 Å². The highest BCUT2D eigenvalue weighted by molar-refractivity contribution is 5.94. The highest BCUT2D eigenvalue weighted by Crippen LogP contribution is 2.20. The molecule has 32 heavy (non-hydrogen) atoms. The van der Waals surface area contributed by atoms with Gasteiger partial charge in [-0.05, 0) is 61.6 Å². The molecule has 0 aromatic heterocycles. The Morgan fingerprint density at radius 1 is 0.969 bits per heavy atom. The van der Waals surface area contributed by atoms with Crippen LogP contribution in [0.2, 0.25) is 0 Å². The van der Waals surface area contributed by atoms with Crippen LogP contribution in [0.25, 0.3) is 0 Å². The third-order valence-electron chi connectivity index (χ3n) is 4.89. The summed E-state index contributed by atoms with van der Waals surface area (Å²) in [6.45, 7) is 7.27. The molecular weight excluding hydrogens is 406 g/mol. The number of nitrogens with zero attached hydrogens (tertiary/aromatic N) is 1. The highest BCUT2D eigenvalue weighted by atomic mass is 16.2. The van der Waals surface area contributed by atoms with Gasteiger partial charge in [0.05, 0.1) is 12.1 Å². The summed E-state index contributed by atoms with van der Waals surface area (Å²) in [5.74, 6) is -0.244. The first-order valence-electron chi connectivity index (χ1n) is 11.2. The van der Waals surface area contributed by atoms with E-state index in [0.717, 1.165) is 36.9 Å². The van der Waals surface area contributed by atoms with Gasteiger partial charge in [-0.25, -0.2) is 0 Å². The molecule has 0 fully saturated rings. The molecule has 0 unspecified atom stereocenters. The number of carbonyl (C=O) groups excluding carboxylic acids is 2. The van der Waals surface area contributed by atoms with Gasteiger partial charge in [-0.1, -0.05) is 32.9 Å². The molecule has 0 aliphatic carbocycles.